The van der Waals surface area contributed by atoms with E-state index in [2.05, 4.69) is 10.6 Å². The number of nitrogens with one attached hydrogen (secondary N) is 2. The van der Waals surface area contributed by atoms with Crippen molar-refractivity contribution in [2.75, 3.05) is 7.05 Å². The predicted molar refractivity (Wildman–Crippen MR) is 67.9 cm³/mol. The van der Waals surface area contributed by atoms with Gasteiger partial charge in [-0.25, -0.2) is 0 Å². The van der Waals surface area contributed by atoms with E-state index in [1.54, 1.807) is 19.2 Å². The molecule has 0 heterocycles. The van der Waals surface area contributed by atoms with Crippen LogP contribution in [-0.4, -0.2) is 30.1 Å². The summed E-state index contributed by atoms with van der Waals surface area (Å²) in [5, 5.41) is 15.0. The minimum atomic E-state index is -0.202. The molecule has 0 spiro atoms. The highest BCUT2D eigenvalue weighted by molar-refractivity contribution is 5.80. The van der Waals surface area contributed by atoms with E-state index in [-0.39, 0.29) is 23.7 Å². The van der Waals surface area contributed by atoms with Gasteiger partial charge in [-0.1, -0.05) is 12.1 Å². The molecule has 0 aliphatic heterocycles. The molecule has 0 saturated heterocycles. The maximum absolute atomic E-state index is 11.3. The quantitative estimate of drug-likeness (QED) is 0.716. The molecule has 1 amide bonds. The highest BCUT2D eigenvalue weighted by Crippen LogP contribution is 2.11. The Morgan fingerprint density at radius 1 is 1.29 bits per heavy atom. The first-order valence-corrected chi connectivity index (χ1v) is 5.78. The van der Waals surface area contributed by atoms with Crippen molar-refractivity contribution in [3.05, 3.63) is 29.8 Å². The summed E-state index contributed by atoms with van der Waals surface area (Å²) in [7, 11) is 1.63. The van der Waals surface area contributed by atoms with Crippen molar-refractivity contribution in [1.82, 2.24) is 10.6 Å². The lowest BCUT2D eigenvalue weighted by atomic mass is 10.1. The number of carbonyl (C=O) groups excluding carboxylic acids is 1. The van der Waals surface area contributed by atoms with E-state index in [9.17, 15) is 9.90 Å². The standard InChI is InChI=1S/C13H20N2O2/c1-9(15-10(2)13(17)14-3)8-11-4-6-12(16)7-5-11/h4-7,9-10,15-16H,8H2,1-3H3,(H,14,17). The second-order valence-corrected chi connectivity index (χ2v) is 4.27. The molecule has 0 saturated carbocycles. The zero-order chi connectivity index (χ0) is 12.8. The highest BCUT2D eigenvalue weighted by atomic mass is 16.3. The van der Waals surface area contributed by atoms with Crippen LogP contribution in [0.25, 0.3) is 0 Å². The zero-order valence-electron chi connectivity index (χ0n) is 10.5. The molecular formula is C13H20N2O2. The molecule has 0 fully saturated rings. The monoisotopic (exact) mass is 236 g/mol. The first kappa shape index (κ1) is 13.5. The lowest BCUT2D eigenvalue weighted by molar-refractivity contribution is -0.122. The lowest BCUT2D eigenvalue weighted by Crippen LogP contribution is -2.45. The van der Waals surface area contributed by atoms with Crippen LogP contribution >= 0.6 is 0 Å². The third-order valence-corrected chi connectivity index (χ3v) is 2.65. The van der Waals surface area contributed by atoms with Gasteiger partial charge < -0.3 is 15.7 Å². The minimum absolute atomic E-state index is 0.0115. The first-order valence-electron chi connectivity index (χ1n) is 5.78. The summed E-state index contributed by atoms with van der Waals surface area (Å²) in [6.07, 6.45) is 0.821. The molecule has 0 aromatic heterocycles. The topological polar surface area (TPSA) is 61.4 Å². The van der Waals surface area contributed by atoms with Gasteiger partial charge in [0.15, 0.2) is 0 Å². The molecule has 0 aliphatic rings. The van der Waals surface area contributed by atoms with Gasteiger partial charge in [-0.2, -0.15) is 0 Å². The minimum Gasteiger partial charge on any atom is -0.508 e. The van der Waals surface area contributed by atoms with Gasteiger partial charge in [0, 0.05) is 13.1 Å². The molecule has 2 atom stereocenters. The van der Waals surface area contributed by atoms with Gasteiger partial charge in [0.25, 0.3) is 0 Å². The molecule has 3 N–H and O–H groups in total. The molecule has 0 radical (unpaired) electrons. The van der Waals surface area contributed by atoms with E-state index in [1.807, 2.05) is 26.0 Å². The normalized spacial score (nSPS) is 14.1. The van der Waals surface area contributed by atoms with Gasteiger partial charge in [0.1, 0.15) is 5.75 Å². The number of likely N-dealkylation sites (N-methyl/N-ethyl adjacent to an activating group) is 1. The summed E-state index contributed by atoms with van der Waals surface area (Å²) in [5.74, 6) is 0.260. The number of carbonyl (C=O) groups is 1. The Hall–Kier alpha value is -1.55. The van der Waals surface area contributed by atoms with E-state index >= 15 is 0 Å². The van der Waals surface area contributed by atoms with Crippen molar-refractivity contribution in [1.29, 1.82) is 0 Å². The maximum Gasteiger partial charge on any atom is 0.236 e. The molecule has 4 nitrogen and oxygen atoms in total. The van der Waals surface area contributed by atoms with Crippen molar-refractivity contribution < 1.29 is 9.90 Å². The fourth-order valence-electron chi connectivity index (χ4n) is 1.76. The van der Waals surface area contributed by atoms with Crippen LogP contribution in [0.4, 0.5) is 0 Å². The van der Waals surface area contributed by atoms with E-state index in [0.29, 0.717) is 0 Å². The maximum atomic E-state index is 11.3. The van der Waals surface area contributed by atoms with Crippen LogP contribution < -0.4 is 10.6 Å². The molecule has 4 heteroatoms. The predicted octanol–water partition coefficient (Wildman–Crippen LogP) is 1.05. The average Bonchev–Trinajstić information content (AvgIpc) is 2.30. The van der Waals surface area contributed by atoms with Crippen molar-refractivity contribution in [3.8, 4) is 5.75 Å². The highest BCUT2D eigenvalue weighted by Gasteiger charge is 2.13. The smallest absolute Gasteiger partial charge is 0.236 e. The molecular weight excluding hydrogens is 216 g/mol. The Labute approximate surface area is 102 Å². The van der Waals surface area contributed by atoms with Crippen LogP contribution in [0.2, 0.25) is 0 Å². The number of benzene rings is 1. The van der Waals surface area contributed by atoms with Crippen molar-refractivity contribution in [3.63, 3.8) is 0 Å². The SMILES string of the molecule is CNC(=O)C(C)NC(C)Cc1ccc(O)cc1. The van der Waals surface area contributed by atoms with Gasteiger partial charge in [-0.15, -0.1) is 0 Å². The Kier molecular flexibility index (Phi) is 4.97. The summed E-state index contributed by atoms with van der Waals surface area (Å²) in [6.45, 7) is 3.87. The average molecular weight is 236 g/mol. The number of hydrogen-bond acceptors (Lipinski definition) is 3. The number of hydrogen-bond donors (Lipinski definition) is 3. The van der Waals surface area contributed by atoms with E-state index < -0.39 is 0 Å². The third kappa shape index (κ3) is 4.44. The Balaban J connectivity index is 2.46. The zero-order valence-corrected chi connectivity index (χ0v) is 10.5. The fourth-order valence-corrected chi connectivity index (χ4v) is 1.76. The Morgan fingerprint density at radius 2 is 1.88 bits per heavy atom. The largest absolute Gasteiger partial charge is 0.508 e. The molecule has 94 valence electrons. The number of phenols is 1. The molecule has 0 bridgehead atoms. The van der Waals surface area contributed by atoms with Gasteiger partial charge in [0.05, 0.1) is 6.04 Å². The van der Waals surface area contributed by atoms with Crippen molar-refractivity contribution in [2.45, 2.75) is 32.4 Å². The first-order chi connectivity index (χ1) is 8.02. The summed E-state index contributed by atoms with van der Waals surface area (Å²) < 4.78 is 0. The van der Waals surface area contributed by atoms with Crippen LogP contribution in [0.3, 0.4) is 0 Å². The molecule has 0 aliphatic carbocycles. The van der Waals surface area contributed by atoms with E-state index in [4.69, 9.17) is 0 Å². The second kappa shape index (κ2) is 6.25. The van der Waals surface area contributed by atoms with E-state index in [0.717, 1.165) is 12.0 Å². The van der Waals surface area contributed by atoms with Gasteiger partial charge in [-0.05, 0) is 38.0 Å². The lowest BCUT2D eigenvalue weighted by Gasteiger charge is -2.18. The second-order valence-electron chi connectivity index (χ2n) is 4.27. The Morgan fingerprint density at radius 3 is 2.41 bits per heavy atom. The number of aromatic hydroxyl groups is 1. The fraction of sp³-hybridized carbons (Fsp3) is 0.462. The van der Waals surface area contributed by atoms with Gasteiger partial charge in [0.2, 0.25) is 5.91 Å². The summed E-state index contributed by atoms with van der Waals surface area (Å²) >= 11 is 0. The van der Waals surface area contributed by atoms with Crippen LogP contribution in [-0.2, 0) is 11.2 Å². The van der Waals surface area contributed by atoms with Crippen molar-refractivity contribution in [2.24, 2.45) is 0 Å². The summed E-state index contributed by atoms with van der Waals surface area (Å²) in [4.78, 5) is 11.3. The van der Waals surface area contributed by atoms with Crippen LogP contribution in [0.1, 0.15) is 19.4 Å². The molecule has 1 rings (SSSR count). The van der Waals surface area contributed by atoms with E-state index in [1.165, 1.54) is 0 Å². The third-order valence-electron chi connectivity index (χ3n) is 2.65. The number of amides is 1. The summed E-state index contributed by atoms with van der Waals surface area (Å²) in [6, 6.07) is 7.11. The molecule has 17 heavy (non-hydrogen) atoms. The number of rotatable bonds is 5. The molecule has 2 unspecified atom stereocenters. The van der Waals surface area contributed by atoms with Gasteiger partial charge >= 0.3 is 0 Å². The van der Waals surface area contributed by atoms with Crippen LogP contribution in [0.15, 0.2) is 24.3 Å². The van der Waals surface area contributed by atoms with Gasteiger partial charge in [-0.3, -0.25) is 4.79 Å². The van der Waals surface area contributed by atoms with Crippen LogP contribution in [0, 0.1) is 0 Å². The summed E-state index contributed by atoms with van der Waals surface area (Å²) in [5.41, 5.74) is 1.13. The van der Waals surface area contributed by atoms with Crippen molar-refractivity contribution >= 4 is 5.91 Å². The Bertz CT molecular complexity index is 362. The van der Waals surface area contributed by atoms with Crippen LogP contribution in [0.5, 0.6) is 5.75 Å². The molecule has 1 aromatic rings. The molecule has 1 aromatic carbocycles. The number of phenolic OH excluding ortho intramolecular Hbond substituents is 1.